The van der Waals surface area contributed by atoms with Gasteiger partial charge in [0.2, 0.25) is 0 Å². The molecule has 1 heterocycles. The summed E-state index contributed by atoms with van der Waals surface area (Å²) in [5.74, 6) is -0.272. The first kappa shape index (κ1) is 15.7. The number of hydrogen-bond acceptors (Lipinski definition) is 3. The molecule has 1 aromatic rings. The van der Waals surface area contributed by atoms with Crippen molar-refractivity contribution in [2.24, 2.45) is 5.92 Å². The van der Waals surface area contributed by atoms with Crippen molar-refractivity contribution in [2.45, 2.75) is 31.4 Å². The summed E-state index contributed by atoms with van der Waals surface area (Å²) in [6.45, 7) is 1.79. The van der Waals surface area contributed by atoms with Crippen LogP contribution in [0.4, 0.5) is 4.39 Å². The SMILES string of the molecule is O=C(N[C@@H]1COCC[C@@H]1OCC1CC1)c1ccc(Cl)c(F)c1. The van der Waals surface area contributed by atoms with Gasteiger partial charge in [-0.15, -0.1) is 0 Å². The number of ether oxygens (including phenoxy) is 2. The molecular weight excluding hydrogens is 309 g/mol. The Labute approximate surface area is 133 Å². The lowest BCUT2D eigenvalue weighted by Gasteiger charge is -2.32. The molecule has 0 bridgehead atoms. The molecular formula is C16H19ClFNO3. The molecule has 1 aliphatic heterocycles. The van der Waals surface area contributed by atoms with Crippen molar-refractivity contribution < 1.29 is 18.7 Å². The Balaban J connectivity index is 1.60. The lowest BCUT2D eigenvalue weighted by atomic mass is 10.1. The van der Waals surface area contributed by atoms with Crippen molar-refractivity contribution >= 4 is 17.5 Å². The number of nitrogens with one attached hydrogen (secondary N) is 1. The molecule has 1 aromatic carbocycles. The number of carbonyl (C=O) groups is 1. The first-order valence-electron chi connectivity index (χ1n) is 7.59. The average molecular weight is 328 g/mol. The van der Waals surface area contributed by atoms with Gasteiger partial charge in [-0.2, -0.15) is 0 Å². The molecule has 0 radical (unpaired) electrons. The van der Waals surface area contributed by atoms with Gasteiger partial charge >= 0.3 is 0 Å². The third kappa shape index (κ3) is 3.97. The Bertz CT molecular complexity index is 550. The van der Waals surface area contributed by atoms with E-state index in [0.717, 1.165) is 19.1 Å². The molecule has 120 valence electrons. The van der Waals surface area contributed by atoms with Gasteiger partial charge in [0.05, 0.1) is 23.8 Å². The largest absolute Gasteiger partial charge is 0.379 e. The van der Waals surface area contributed by atoms with E-state index >= 15 is 0 Å². The van der Waals surface area contributed by atoms with Gasteiger partial charge in [0, 0.05) is 18.8 Å². The van der Waals surface area contributed by atoms with E-state index in [0.29, 0.717) is 19.1 Å². The van der Waals surface area contributed by atoms with Crippen molar-refractivity contribution in [1.29, 1.82) is 0 Å². The maximum Gasteiger partial charge on any atom is 0.251 e. The normalized spacial score (nSPS) is 25.0. The Morgan fingerprint density at radius 3 is 2.95 bits per heavy atom. The minimum atomic E-state index is -0.601. The summed E-state index contributed by atoms with van der Waals surface area (Å²) < 4.78 is 24.8. The first-order valence-corrected chi connectivity index (χ1v) is 7.96. The number of benzene rings is 1. The molecule has 4 nitrogen and oxygen atoms in total. The third-order valence-corrected chi connectivity index (χ3v) is 4.34. The van der Waals surface area contributed by atoms with Crippen LogP contribution in [0.1, 0.15) is 29.6 Å². The summed E-state index contributed by atoms with van der Waals surface area (Å²) in [5, 5.41) is 2.88. The second-order valence-electron chi connectivity index (χ2n) is 5.89. The topological polar surface area (TPSA) is 47.6 Å². The molecule has 2 atom stereocenters. The summed E-state index contributed by atoms with van der Waals surface area (Å²) in [4.78, 5) is 12.2. The van der Waals surface area contributed by atoms with Crippen LogP contribution >= 0.6 is 11.6 Å². The van der Waals surface area contributed by atoms with Gasteiger partial charge in [-0.05, 0) is 43.4 Å². The molecule has 1 aliphatic carbocycles. The molecule has 6 heteroatoms. The van der Waals surface area contributed by atoms with E-state index in [1.54, 1.807) is 0 Å². The maximum atomic E-state index is 13.4. The zero-order valence-electron chi connectivity index (χ0n) is 12.2. The Morgan fingerprint density at radius 1 is 1.41 bits per heavy atom. The smallest absolute Gasteiger partial charge is 0.251 e. The highest BCUT2D eigenvalue weighted by Crippen LogP contribution is 2.30. The average Bonchev–Trinajstić information content (AvgIpc) is 3.33. The molecule has 1 saturated heterocycles. The van der Waals surface area contributed by atoms with E-state index in [1.165, 1.54) is 25.0 Å². The lowest BCUT2D eigenvalue weighted by molar-refractivity contribution is -0.0567. The van der Waals surface area contributed by atoms with E-state index < -0.39 is 5.82 Å². The fourth-order valence-electron chi connectivity index (χ4n) is 2.49. The highest BCUT2D eigenvalue weighted by Gasteiger charge is 2.31. The van der Waals surface area contributed by atoms with Gasteiger partial charge in [0.15, 0.2) is 0 Å². The van der Waals surface area contributed by atoms with Gasteiger partial charge in [-0.3, -0.25) is 4.79 Å². The minimum absolute atomic E-state index is 0.00296. The van der Waals surface area contributed by atoms with Crippen LogP contribution in [0.2, 0.25) is 5.02 Å². The zero-order chi connectivity index (χ0) is 15.5. The van der Waals surface area contributed by atoms with E-state index in [-0.39, 0.29) is 28.6 Å². The van der Waals surface area contributed by atoms with Gasteiger partial charge in [-0.25, -0.2) is 4.39 Å². The Kier molecular flexibility index (Phi) is 4.96. The van der Waals surface area contributed by atoms with Crippen molar-refractivity contribution in [1.82, 2.24) is 5.32 Å². The molecule has 2 aliphatic rings. The number of hydrogen-bond donors (Lipinski definition) is 1. The van der Waals surface area contributed by atoms with Gasteiger partial charge in [0.25, 0.3) is 5.91 Å². The number of halogens is 2. The number of rotatable bonds is 5. The predicted octanol–water partition coefficient (Wildman–Crippen LogP) is 2.79. The second-order valence-corrected chi connectivity index (χ2v) is 6.29. The van der Waals surface area contributed by atoms with E-state index in [9.17, 15) is 9.18 Å². The van der Waals surface area contributed by atoms with Crippen LogP contribution in [0.3, 0.4) is 0 Å². The molecule has 0 aromatic heterocycles. The van der Waals surface area contributed by atoms with Crippen LogP contribution < -0.4 is 5.32 Å². The van der Waals surface area contributed by atoms with Crippen LogP contribution in [0.5, 0.6) is 0 Å². The number of amides is 1. The maximum absolute atomic E-state index is 13.4. The van der Waals surface area contributed by atoms with Crippen molar-refractivity contribution in [3.63, 3.8) is 0 Å². The van der Waals surface area contributed by atoms with Crippen molar-refractivity contribution in [3.05, 3.63) is 34.6 Å². The van der Waals surface area contributed by atoms with Crippen molar-refractivity contribution in [3.8, 4) is 0 Å². The zero-order valence-corrected chi connectivity index (χ0v) is 12.9. The molecule has 0 unspecified atom stereocenters. The molecule has 1 saturated carbocycles. The fraction of sp³-hybridized carbons (Fsp3) is 0.562. The highest BCUT2D eigenvalue weighted by atomic mass is 35.5. The van der Waals surface area contributed by atoms with Crippen molar-refractivity contribution in [2.75, 3.05) is 19.8 Å². The summed E-state index contributed by atoms with van der Waals surface area (Å²) >= 11 is 5.63. The summed E-state index contributed by atoms with van der Waals surface area (Å²) in [7, 11) is 0. The molecule has 22 heavy (non-hydrogen) atoms. The van der Waals surface area contributed by atoms with E-state index in [4.69, 9.17) is 21.1 Å². The van der Waals surface area contributed by atoms with Crippen LogP contribution in [0.15, 0.2) is 18.2 Å². The monoisotopic (exact) mass is 327 g/mol. The fourth-order valence-corrected chi connectivity index (χ4v) is 2.60. The molecule has 1 amide bonds. The quantitative estimate of drug-likeness (QED) is 0.904. The third-order valence-electron chi connectivity index (χ3n) is 4.03. The number of carbonyl (C=O) groups excluding carboxylic acids is 1. The first-order chi connectivity index (χ1) is 10.6. The van der Waals surface area contributed by atoms with Gasteiger partial charge in [0.1, 0.15) is 5.82 Å². The van der Waals surface area contributed by atoms with Crippen LogP contribution in [-0.2, 0) is 9.47 Å². The summed E-state index contributed by atoms with van der Waals surface area (Å²) in [6, 6.07) is 3.81. The molecule has 3 rings (SSSR count). The molecule has 2 fully saturated rings. The summed E-state index contributed by atoms with van der Waals surface area (Å²) in [5.41, 5.74) is 0.244. The Hall–Kier alpha value is -1.17. The van der Waals surface area contributed by atoms with Gasteiger partial charge < -0.3 is 14.8 Å². The standard InChI is InChI=1S/C16H19ClFNO3/c17-12-4-3-11(7-13(12)18)16(20)19-14-9-21-6-5-15(14)22-8-10-1-2-10/h3-4,7,10,14-15H,1-2,5-6,8-9H2,(H,19,20)/t14-,15+/m1/s1. The summed E-state index contributed by atoms with van der Waals surface area (Å²) in [6.07, 6.45) is 3.16. The second kappa shape index (κ2) is 6.94. The molecule has 1 N–H and O–H groups in total. The van der Waals surface area contributed by atoms with Gasteiger partial charge in [-0.1, -0.05) is 11.6 Å². The molecule has 0 spiro atoms. The van der Waals surface area contributed by atoms with Crippen LogP contribution in [0.25, 0.3) is 0 Å². The lowest BCUT2D eigenvalue weighted by Crippen LogP contribution is -2.50. The predicted molar refractivity (Wildman–Crippen MR) is 80.6 cm³/mol. The van der Waals surface area contributed by atoms with Crippen LogP contribution in [0, 0.1) is 11.7 Å². The van der Waals surface area contributed by atoms with Crippen LogP contribution in [-0.4, -0.2) is 37.9 Å². The highest BCUT2D eigenvalue weighted by molar-refractivity contribution is 6.30. The van der Waals surface area contributed by atoms with E-state index in [1.807, 2.05) is 0 Å². The van der Waals surface area contributed by atoms with E-state index in [2.05, 4.69) is 5.32 Å². The minimum Gasteiger partial charge on any atom is -0.379 e. The Morgan fingerprint density at radius 2 is 2.23 bits per heavy atom.